The molecule has 2 rings (SSSR count). The third kappa shape index (κ3) is 2.54. The quantitative estimate of drug-likeness (QED) is 0.806. The van der Waals surface area contributed by atoms with E-state index in [-0.39, 0.29) is 5.78 Å². The number of carbonyl (C=O) groups is 1. The van der Waals surface area contributed by atoms with E-state index in [0.717, 1.165) is 5.69 Å². The molecule has 4 nitrogen and oxygen atoms in total. The second-order valence-electron chi connectivity index (χ2n) is 3.76. The van der Waals surface area contributed by atoms with Crippen molar-refractivity contribution in [2.24, 2.45) is 5.73 Å². The highest BCUT2D eigenvalue weighted by Gasteiger charge is 2.09. The van der Waals surface area contributed by atoms with Crippen LogP contribution in [0, 0.1) is 6.92 Å². The molecule has 0 saturated heterocycles. The van der Waals surface area contributed by atoms with Crippen LogP contribution < -0.4 is 5.73 Å². The zero-order valence-electron chi connectivity index (χ0n) is 9.55. The fourth-order valence-electron chi connectivity index (χ4n) is 1.50. The molecule has 17 heavy (non-hydrogen) atoms. The number of aromatic nitrogens is 2. The van der Waals surface area contributed by atoms with E-state index in [9.17, 15) is 4.79 Å². The summed E-state index contributed by atoms with van der Waals surface area (Å²) in [5.41, 5.74) is 8.25. The lowest BCUT2D eigenvalue weighted by Gasteiger charge is -2.02. The second kappa shape index (κ2) is 4.84. The van der Waals surface area contributed by atoms with Crippen LogP contribution in [0.2, 0.25) is 0 Å². The number of hydrogen-bond donors (Lipinski definition) is 1. The largest absolute Gasteiger partial charge is 0.325 e. The summed E-state index contributed by atoms with van der Waals surface area (Å²) in [7, 11) is 0. The summed E-state index contributed by atoms with van der Waals surface area (Å²) in [4.78, 5) is 20.3. The van der Waals surface area contributed by atoms with Crippen LogP contribution in [0.4, 0.5) is 0 Å². The van der Waals surface area contributed by atoms with E-state index >= 15 is 0 Å². The van der Waals surface area contributed by atoms with Crippen LogP contribution >= 0.6 is 0 Å². The fraction of sp³-hybridized carbons (Fsp3) is 0.154. The van der Waals surface area contributed by atoms with Crippen LogP contribution in [0.5, 0.6) is 0 Å². The molecule has 0 amide bonds. The number of nitrogens with two attached hydrogens (primary N) is 1. The van der Waals surface area contributed by atoms with Gasteiger partial charge in [-0.15, -0.1) is 0 Å². The van der Waals surface area contributed by atoms with E-state index in [1.54, 1.807) is 30.6 Å². The Morgan fingerprint density at radius 1 is 1.24 bits per heavy atom. The van der Waals surface area contributed by atoms with Gasteiger partial charge in [0, 0.05) is 35.8 Å². The summed E-state index contributed by atoms with van der Waals surface area (Å²) in [5, 5.41) is 0. The van der Waals surface area contributed by atoms with Crippen molar-refractivity contribution in [2.45, 2.75) is 13.5 Å². The summed E-state index contributed by atoms with van der Waals surface area (Å²) < 4.78 is 0. The Morgan fingerprint density at radius 3 is 2.71 bits per heavy atom. The van der Waals surface area contributed by atoms with Gasteiger partial charge < -0.3 is 5.73 Å². The van der Waals surface area contributed by atoms with Gasteiger partial charge in [-0.1, -0.05) is 0 Å². The molecule has 0 unspecified atom stereocenters. The number of aryl methyl sites for hydroxylation is 1. The highest BCUT2D eigenvalue weighted by Crippen LogP contribution is 2.09. The van der Waals surface area contributed by atoms with Gasteiger partial charge in [-0.05, 0) is 31.2 Å². The van der Waals surface area contributed by atoms with Gasteiger partial charge >= 0.3 is 0 Å². The lowest BCUT2D eigenvalue weighted by Crippen LogP contribution is -2.06. The Bertz CT molecular complexity index is 535. The molecule has 2 aromatic rings. The zero-order valence-corrected chi connectivity index (χ0v) is 9.55. The van der Waals surface area contributed by atoms with E-state index in [1.165, 1.54) is 0 Å². The molecule has 4 heteroatoms. The number of hydrogen-bond acceptors (Lipinski definition) is 4. The second-order valence-corrected chi connectivity index (χ2v) is 3.76. The van der Waals surface area contributed by atoms with Crippen molar-refractivity contribution < 1.29 is 4.79 Å². The van der Waals surface area contributed by atoms with Crippen LogP contribution in [0.15, 0.2) is 36.7 Å². The topological polar surface area (TPSA) is 68.9 Å². The van der Waals surface area contributed by atoms with Crippen LogP contribution in [-0.2, 0) is 6.54 Å². The molecule has 0 aliphatic carbocycles. The average molecular weight is 227 g/mol. The number of rotatable bonds is 3. The third-order valence-corrected chi connectivity index (χ3v) is 2.46. The van der Waals surface area contributed by atoms with Crippen molar-refractivity contribution in [3.63, 3.8) is 0 Å². The normalized spacial score (nSPS) is 10.2. The Balaban J connectivity index is 2.33. The van der Waals surface area contributed by atoms with E-state index in [2.05, 4.69) is 9.97 Å². The maximum atomic E-state index is 12.1. The minimum Gasteiger partial charge on any atom is -0.325 e. The molecule has 0 aliphatic rings. The molecular formula is C13H13N3O. The minimum absolute atomic E-state index is 0.0606. The molecule has 0 radical (unpaired) electrons. The van der Waals surface area contributed by atoms with E-state index in [0.29, 0.717) is 23.4 Å². The van der Waals surface area contributed by atoms with Crippen molar-refractivity contribution in [2.75, 3.05) is 0 Å². The van der Waals surface area contributed by atoms with Gasteiger partial charge in [0.25, 0.3) is 0 Å². The van der Waals surface area contributed by atoms with Crippen LogP contribution in [0.25, 0.3) is 0 Å². The highest BCUT2D eigenvalue weighted by molar-refractivity contribution is 6.08. The van der Waals surface area contributed by atoms with Crippen LogP contribution in [-0.4, -0.2) is 15.8 Å². The Morgan fingerprint density at radius 2 is 2.06 bits per heavy atom. The van der Waals surface area contributed by atoms with Gasteiger partial charge in [0.15, 0.2) is 5.78 Å². The molecule has 0 aliphatic heterocycles. The molecule has 0 aromatic carbocycles. The molecule has 0 spiro atoms. The van der Waals surface area contributed by atoms with Gasteiger partial charge in [0.1, 0.15) is 0 Å². The predicted octanol–water partition coefficient (Wildman–Crippen LogP) is 1.47. The first-order valence-electron chi connectivity index (χ1n) is 5.33. The first-order chi connectivity index (χ1) is 8.20. The van der Waals surface area contributed by atoms with E-state index < -0.39 is 0 Å². The lowest BCUT2D eigenvalue weighted by molar-refractivity contribution is 0.103. The molecule has 0 bridgehead atoms. The Hall–Kier alpha value is -2.07. The molecule has 0 fully saturated rings. The maximum absolute atomic E-state index is 12.1. The first-order valence-corrected chi connectivity index (χ1v) is 5.33. The highest BCUT2D eigenvalue weighted by atomic mass is 16.1. The number of ketones is 1. The SMILES string of the molecule is Cc1ccc(C(=O)c2ccnc(CN)c2)cn1. The first kappa shape index (κ1) is 11.4. The molecule has 0 saturated carbocycles. The summed E-state index contributed by atoms with van der Waals surface area (Å²) in [6, 6.07) is 6.98. The summed E-state index contributed by atoms with van der Waals surface area (Å²) >= 11 is 0. The molecular weight excluding hydrogens is 214 g/mol. The number of nitrogens with zero attached hydrogens (tertiary/aromatic N) is 2. The van der Waals surface area contributed by atoms with Gasteiger partial charge in [0.2, 0.25) is 0 Å². The third-order valence-electron chi connectivity index (χ3n) is 2.46. The Kier molecular flexibility index (Phi) is 3.25. The summed E-state index contributed by atoms with van der Waals surface area (Å²) in [5.74, 6) is -0.0606. The van der Waals surface area contributed by atoms with Gasteiger partial charge in [-0.2, -0.15) is 0 Å². The van der Waals surface area contributed by atoms with Crippen LogP contribution in [0.3, 0.4) is 0 Å². The van der Waals surface area contributed by atoms with Crippen molar-refractivity contribution in [3.05, 3.63) is 59.2 Å². The van der Waals surface area contributed by atoms with Crippen LogP contribution in [0.1, 0.15) is 27.3 Å². The van der Waals surface area contributed by atoms with E-state index in [4.69, 9.17) is 5.73 Å². The molecule has 2 aromatic heterocycles. The van der Waals surface area contributed by atoms with Crippen molar-refractivity contribution in [3.8, 4) is 0 Å². The molecule has 2 heterocycles. The fourth-order valence-corrected chi connectivity index (χ4v) is 1.50. The Labute approximate surface area is 99.5 Å². The average Bonchev–Trinajstić information content (AvgIpc) is 2.39. The number of pyridine rings is 2. The minimum atomic E-state index is -0.0606. The number of carbonyl (C=O) groups excluding carboxylic acids is 1. The van der Waals surface area contributed by atoms with Crippen molar-refractivity contribution in [1.82, 2.24) is 9.97 Å². The van der Waals surface area contributed by atoms with Crippen molar-refractivity contribution in [1.29, 1.82) is 0 Å². The monoisotopic (exact) mass is 227 g/mol. The van der Waals surface area contributed by atoms with E-state index in [1.807, 2.05) is 13.0 Å². The summed E-state index contributed by atoms with van der Waals surface area (Å²) in [6.45, 7) is 2.21. The van der Waals surface area contributed by atoms with Crippen molar-refractivity contribution >= 4 is 5.78 Å². The standard InChI is InChI=1S/C13H13N3O/c1-9-2-3-11(8-16-9)13(17)10-4-5-15-12(6-10)7-14/h2-6,8H,7,14H2,1H3. The molecule has 0 atom stereocenters. The van der Waals surface area contributed by atoms with Gasteiger partial charge in [-0.3, -0.25) is 14.8 Å². The molecule has 86 valence electrons. The zero-order chi connectivity index (χ0) is 12.3. The molecule has 2 N–H and O–H groups in total. The lowest BCUT2D eigenvalue weighted by atomic mass is 10.1. The van der Waals surface area contributed by atoms with Gasteiger partial charge in [-0.25, -0.2) is 0 Å². The predicted molar refractivity (Wildman–Crippen MR) is 64.5 cm³/mol. The maximum Gasteiger partial charge on any atom is 0.194 e. The smallest absolute Gasteiger partial charge is 0.194 e. The van der Waals surface area contributed by atoms with Gasteiger partial charge in [0.05, 0.1) is 5.69 Å². The summed E-state index contributed by atoms with van der Waals surface area (Å²) in [6.07, 6.45) is 3.18.